The molecule has 2 atom stereocenters. The Kier molecular flexibility index (Phi) is 7.38. The van der Waals surface area contributed by atoms with E-state index >= 15 is 0 Å². The third-order valence-corrected chi connectivity index (χ3v) is 10.1. The van der Waals surface area contributed by atoms with Crippen LogP contribution in [-0.4, -0.2) is 56.0 Å². The number of aromatic nitrogens is 1. The Morgan fingerprint density at radius 3 is 2.69 bits per heavy atom. The number of hydrogen-bond donors (Lipinski definition) is 0. The largest absolute Gasteiger partial charge is 0.376 e. The van der Waals surface area contributed by atoms with Crippen molar-refractivity contribution in [2.24, 2.45) is 5.92 Å². The average Bonchev–Trinajstić information content (AvgIpc) is 3.52. The smallest absolute Gasteiger partial charge is 0.243 e. The number of nitrogens with zero attached hydrogens (tertiary/aromatic N) is 3. The predicted molar refractivity (Wildman–Crippen MR) is 143 cm³/mol. The van der Waals surface area contributed by atoms with Crippen LogP contribution in [0.1, 0.15) is 36.8 Å². The van der Waals surface area contributed by atoms with Crippen LogP contribution >= 0.6 is 22.9 Å². The average molecular weight is 548 g/mol. The molecule has 1 aromatic heterocycles. The molecule has 36 heavy (non-hydrogen) atoms. The number of rotatable bonds is 6. The molecule has 3 heterocycles. The standard InChI is InChI=1S/C26H30ClN3O4S2/c1-17-13-18(2)24-23(14-17)35-26(28-24)30(16-21-6-4-12-34-21)25(31)19-5-3-11-29(15-19)36(32,33)22-9-7-20(27)8-10-22/h7-10,13-14,19,21H,3-6,11-12,15-16H2,1-2H3. The minimum absolute atomic E-state index is 0.0405. The number of hydrogen-bond acceptors (Lipinski definition) is 6. The van der Waals surface area contributed by atoms with E-state index in [1.165, 1.54) is 27.8 Å². The maximum atomic E-state index is 14.0. The van der Waals surface area contributed by atoms with E-state index in [0.29, 0.717) is 42.7 Å². The molecule has 5 rings (SSSR count). The molecule has 7 nitrogen and oxygen atoms in total. The first-order valence-electron chi connectivity index (χ1n) is 12.3. The van der Waals surface area contributed by atoms with Crippen LogP contribution in [0.3, 0.4) is 0 Å². The van der Waals surface area contributed by atoms with Crippen LogP contribution in [0.2, 0.25) is 5.02 Å². The number of fused-ring (bicyclic) bond motifs is 1. The highest BCUT2D eigenvalue weighted by molar-refractivity contribution is 7.89. The molecule has 192 valence electrons. The second-order valence-corrected chi connectivity index (χ2v) is 13.0. The summed E-state index contributed by atoms with van der Waals surface area (Å²) in [5, 5.41) is 1.13. The number of ether oxygens (including phenoxy) is 1. The lowest BCUT2D eigenvalue weighted by atomic mass is 9.98. The SMILES string of the molecule is Cc1cc(C)c2nc(N(CC3CCCO3)C(=O)C3CCCN(S(=O)(=O)c4ccc(Cl)cc4)C3)sc2c1. The number of aryl methyl sites for hydroxylation is 2. The molecule has 2 aliphatic heterocycles. The minimum atomic E-state index is -3.72. The Labute approximate surface area is 221 Å². The summed E-state index contributed by atoms with van der Waals surface area (Å²) in [5.74, 6) is -0.535. The molecule has 2 saturated heterocycles. The molecular formula is C26H30ClN3O4S2. The van der Waals surface area contributed by atoms with E-state index in [4.69, 9.17) is 21.3 Å². The van der Waals surface area contributed by atoms with Crippen LogP contribution in [0.25, 0.3) is 10.2 Å². The van der Waals surface area contributed by atoms with Gasteiger partial charge in [-0.3, -0.25) is 9.69 Å². The summed E-state index contributed by atoms with van der Waals surface area (Å²) in [6, 6.07) is 10.4. The van der Waals surface area contributed by atoms with Gasteiger partial charge in [-0.05, 0) is 81.0 Å². The highest BCUT2D eigenvalue weighted by Crippen LogP contribution is 2.34. The van der Waals surface area contributed by atoms with Crippen LogP contribution in [0.5, 0.6) is 0 Å². The molecule has 3 aromatic rings. The Morgan fingerprint density at radius 1 is 1.19 bits per heavy atom. The van der Waals surface area contributed by atoms with Crippen LogP contribution in [0.15, 0.2) is 41.3 Å². The van der Waals surface area contributed by atoms with Crippen LogP contribution in [0, 0.1) is 19.8 Å². The van der Waals surface area contributed by atoms with Gasteiger partial charge in [0, 0.05) is 24.7 Å². The second kappa shape index (κ2) is 10.4. The van der Waals surface area contributed by atoms with Gasteiger partial charge in [0.1, 0.15) is 0 Å². The van der Waals surface area contributed by atoms with E-state index < -0.39 is 15.9 Å². The lowest BCUT2D eigenvalue weighted by molar-refractivity contribution is -0.123. The van der Waals surface area contributed by atoms with Gasteiger partial charge in [-0.15, -0.1) is 0 Å². The quantitative estimate of drug-likeness (QED) is 0.425. The number of anilines is 1. The van der Waals surface area contributed by atoms with E-state index in [-0.39, 0.29) is 23.5 Å². The van der Waals surface area contributed by atoms with Crippen LogP contribution in [0.4, 0.5) is 5.13 Å². The minimum Gasteiger partial charge on any atom is -0.376 e. The number of benzene rings is 2. The topological polar surface area (TPSA) is 79.8 Å². The summed E-state index contributed by atoms with van der Waals surface area (Å²) in [7, 11) is -3.72. The van der Waals surface area contributed by atoms with E-state index in [2.05, 4.69) is 19.1 Å². The molecule has 2 fully saturated rings. The van der Waals surface area contributed by atoms with Gasteiger partial charge in [-0.1, -0.05) is 29.0 Å². The van der Waals surface area contributed by atoms with Gasteiger partial charge < -0.3 is 4.74 Å². The summed E-state index contributed by atoms with van der Waals surface area (Å²) in [4.78, 5) is 20.8. The Bertz CT molecular complexity index is 1370. The number of carbonyl (C=O) groups is 1. The molecule has 0 spiro atoms. The lowest BCUT2D eigenvalue weighted by Crippen LogP contribution is -2.48. The fourth-order valence-electron chi connectivity index (χ4n) is 5.07. The normalized spacial score (nSPS) is 21.2. The third-order valence-electron chi connectivity index (χ3n) is 6.91. The maximum Gasteiger partial charge on any atom is 0.243 e. The predicted octanol–water partition coefficient (Wildman–Crippen LogP) is 5.18. The fraction of sp³-hybridized carbons (Fsp3) is 0.462. The van der Waals surface area contributed by atoms with Gasteiger partial charge in [0.25, 0.3) is 0 Å². The van der Waals surface area contributed by atoms with Crippen molar-refractivity contribution in [2.75, 3.05) is 31.1 Å². The van der Waals surface area contributed by atoms with Gasteiger partial charge in [0.15, 0.2) is 5.13 Å². The molecule has 0 N–H and O–H groups in total. The fourth-order valence-corrected chi connectivity index (χ4v) is 7.87. The van der Waals surface area contributed by atoms with Crippen molar-refractivity contribution in [3.05, 3.63) is 52.5 Å². The maximum absolute atomic E-state index is 14.0. The zero-order valence-electron chi connectivity index (χ0n) is 20.4. The highest BCUT2D eigenvalue weighted by Gasteiger charge is 2.37. The lowest BCUT2D eigenvalue weighted by Gasteiger charge is -2.34. The summed E-state index contributed by atoms with van der Waals surface area (Å²) >= 11 is 7.46. The Morgan fingerprint density at radius 2 is 1.97 bits per heavy atom. The summed E-state index contributed by atoms with van der Waals surface area (Å²) in [5.41, 5.74) is 3.14. The van der Waals surface area contributed by atoms with E-state index in [1.807, 2.05) is 6.92 Å². The molecule has 0 saturated carbocycles. The Hall–Kier alpha value is -2.04. The number of carbonyl (C=O) groups excluding carboxylic acids is 1. The summed E-state index contributed by atoms with van der Waals surface area (Å²) in [6.45, 7) is 5.75. The monoisotopic (exact) mass is 547 g/mol. The van der Waals surface area contributed by atoms with Crippen molar-refractivity contribution in [1.29, 1.82) is 0 Å². The van der Waals surface area contributed by atoms with Crippen molar-refractivity contribution in [1.82, 2.24) is 9.29 Å². The van der Waals surface area contributed by atoms with Gasteiger partial charge in [0.05, 0.1) is 33.7 Å². The van der Waals surface area contributed by atoms with Crippen LogP contribution < -0.4 is 4.90 Å². The zero-order valence-corrected chi connectivity index (χ0v) is 22.8. The first-order valence-corrected chi connectivity index (χ1v) is 14.9. The number of sulfonamides is 1. The highest BCUT2D eigenvalue weighted by atomic mass is 35.5. The third kappa shape index (κ3) is 5.17. The van der Waals surface area contributed by atoms with Crippen molar-refractivity contribution >= 4 is 54.2 Å². The first-order chi connectivity index (χ1) is 17.2. The van der Waals surface area contributed by atoms with E-state index in [9.17, 15) is 13.2 Å². The van der Waals surface area contributed by atoms with Crippen molar-refractivity contribution in [3.63, 3.8) is 0 Å². The van der Waals surface area contributed by atoms with E-state index in [1.54, 1.807) is 17.0 Å². The molecule has 0 radical (unpaired) electrons. The second-order valence-electron chi connectivity index (χ2n) is 9.66. The molecule has 2 unspecified atom stereocenters. The molecule has 10 heteroatoms. The van der Waals surface area contributed by atoms with E-state index in [0.717, 1.165) is 34.2 Å². The van der Waals surface area contributed by atoms with Crippen molar-refractivity contribution < 1.29 is 17.9 Å². The first kappa shape index (κ1) is 25.6. The number of amides is 1. The number of thiazole rings is 1. The molecule has 0 bridgehead atoms. The summed E-state index contributed by atoms with van der Waals surface area (Å²) < 4.78 is 34.9. The van der Waals surface area contributed by atoms with Gasteiger partial charge in [-0.2, -0.15) is 4.31 Å². The molecular weight excluding hydrogens is 518 g/mol. The summed E-state index contributed by atoms with van der Waals surface area (Å²) in [6.07, 6.45) is 3.09. The number of halogens is 1. The van der Waals surface area contributed by atoms with Crippen molar-refractivity contribution in [2.45, 2.75) is 50.5 Å². The molecule has 0 aliphatic carbocycles. The molecule has 1 amide bonds. The zero-order chi connectivity index (χ0) is 25.4. The van der Waals surface area contributed by atoms with Crippen LogP contribution in [-0.2, 0) is 19.6 Å². The van der Waals surface area contributed by atoms with Crippen molar-refractivity contribution in [3.8, 4) is 0 Å². The molecule has 2 aromatic carbocycles. The number of piperidine rings is 1. The van der Waals surface area contributed by atoms with Gasteiger partial charge >= 0.3 is 0 Å². The van der Waals surface area contributed by atoms with Gasteiger partial charge in [0.2, 0.25) is 15.9 Å². The molecule has 2 aliphatic rings. The van der Waals surface area contributed by atoms with Gasteiger partial charge in [-0.25, -0.2) is 13.4 Å². The Balaban J connectivity index is 1.43.